The highest BCUT2D eigenvalue weighted by molar-refractivity contribution is 6.31. The van der Waals surface area contributed by atoms with Crippen LogP contribution in [0.15, 0.2) is 48.5 Å². The highest BCUT2D eigenvalue weighted by Gasteiger charge is 2.31. The summed E-state index contributed by atoms with van der Waals surface area (Å²) in [6.07, 6.45) is -3.25. The van der Waals surface area contributed by atoms with Gasteiger partial charge in [0.1, 0.15) is 0 Å². The van der Waals surface area contributed by atoms with Gasteiger partial charge in [-0.25, -0.2) is 0 Å². The summed E-state index contributed by atoms with van der Waals surface area (Å²) >= 11 is 6.03. The van der Waals surface area contributed by atoms with Crippen LogP contribution in [0.3, 0.4) is 0 Å². The van der Waals surface area contributed by atoms with Gasteiger partial charge in [0, 0.05) is 37.7 Å². The molecular weight excluding hydrogens is 455 g/mol. The maximum Gasteiger partial charge on any atom is 0.416 e. The van der Waals surface area contributed by atoms with Gasteiger partial charge >= 0.3 is 6.18 Å². The van der Waals surface area contributed by atoms with Crippen molar-refractivity contribution in [3.05, 3.63) is 70.2 Å². The van der Waals surface area contributed by atoms with Gasteiger partial charge in [0.25, 0.3) is 0 Å². The average Bonchev–Trinajstić information content (AvgIpc) is 3.01. The van der Waals surface area contributed by atoms with Crippen LogP contribution < -0.4 is 5.32 Å². The van der Waals surface area contributed by atoms with Crippen molar-refractivity contribution in [2.75, 3.05) is 39.3 Å². The van der Waals surface area contributed by atoms with E-state index in [1.807, 2.05) is 35.2 Å². The van der Waals surface area contributed by atoms with Crippen LogP contribution in [0.4, 0.5) is 13.2 Å². The van der Waals surface area contributed by atoms with Crippen LogP contribution in [-0.4, -0.2) is 60.9 Å². The molecule has 0 spiro atoms. The summed E-state index contributed by atoms with van der Waals surface area (Å²) in [7, 11) is 0. The molecule has 1 fully saturated rings. The van der Waals surface area contributed by atoms with Crippen molar-refractivity contribution < 1.29 is 22.8 Å². The monoisotopic (exact) mass is 481 g/mol. The van der Waals surface area contributed by atoms with Gasteiger partial charge in [0.15, 0.2) is 0 Å². The van der Waals surface area contributed by atoms with E-state index in [1.165, 1.54) is 6.07 Å². The van der Waals surface area contributed by atoms with E-state index in [0.29, 0.717) is 39.1 Å². The van der Waals surface area contributed by atoms with Crippen LogP contribution in [0.2, 0.25) is 5.02 Å². The Labute approximate surface area is 196 Å². The summed E-state index contributed by atoms with van der Waals surface area (Å²) in [6.45, 7) is 2.89. The van der Waals surface area contributed by atoms with E-state index in [4.69, 9.17) is 11.6 Å². The largest absolute Gasteiger partial charge is 0.416 e. The maximum absolute atomic E-state index is 13.0. The topological polar surface area (TPSA) is 52.7 Å². The number of nitrogens with zero attached hydrogens (tertiary/aromatic N) is 2. The lowest BCUT2D eigenvalue weighted by atomic mass is 10.1. The molecule has 3 rings (SSSR count). The summed E-state index contributed by atoms with van der Waals surface area (Å²) < 4.78 is 38.9. The van der Waals surface area contributed by atoms with Crippen molar-refractivity contribution in [2.45, 2.75) is 25.4 Å². The molecule has 0 aliphatic carbocycles. The number of hydrogen-bond donors (Lipinski definition) is 1. The van der Waals surface area contributed by atoms with Gasteiger partial charge in [-0.1, -0.05) is 41.9 Å². The zero-order valence-electron chi connectivity index (χ0n) is 18.2. The molecule has 5 nitrogen and oxygen atoms in total. The number of nitrogens with one attached hydrogen (secondary N) is 1. The summed E-state index contributed by atoms with van der Waals surface area (Å²) in [6, 6.07) is 12.9. The smallest absolute Gasteiger partial charge is 0.355 e. The van der Waals surface area contributed by atoms with Crippen LogP contribution >= 0.6 is 11.6 Å². The van der Waals surface area contributed by atoms with Crippen LogP contribution in [0.5, 0.6) is 0 Å². The molecule has 1 aliphatic rings. The lowest BCUT2D eigenvalue weighted by Crippen LogP contribution is -2.40. The number of alkyl halides is 3. The Bertz CT molecular complexity index is 954. The Morgan fingerprint density at radius 3 is 2.48 bits per heavy atom. The molecule has 9 heteroatoms. The maximum atomic E-state index is 13.0. The van der Waals surface area contributed by atoms with Gasteiger partial charge in [0.2, 0.25) is 11.8 Å². The van der Waals surface area contributed by atoms with Gasteiger partial charge in [-0.2, -0.15) is 13.2 Å². The Hall–Kier alpha value is -2.58. The summed E-state index contributed by atoms with van der Waals surface area (Å²) in [4.78, 5) is 28.6. The summed E-state index contributed by atoms with van der Waals surface area (Å²) in [5.41, 5.74) is 0.494. The van der Waals surface area contributed by atoms with E-state index >= 15 is 0 Å². The molecule has 0 atom stereocenters. The van der Waals surface area contributed by atoms with Crippen LogP contribution in [0.1, 0.15) is 23.1 Å². The molecule has 1 N–H and O–H groups in total. The minimum Gasteiger partial charge on any atom is -0.355 e. The highest BCUT2D eigenvalue weighted by Crippen LogP contribution is 2.32. The second kappa shape index (κ2) is 11.5. The molecule has 1 aliphatic heterocycles. The zero-order chi connectivity index (χ0) is 23.8. The van der Waals surface area contributed by atoms with Crippen LogP contribution in [-0.2, 0) is 28.6 Å². The molecule has 33 heavy (non-hydrogen) atoms. The van der Waals surface area contributed by atoms with Gasteiger partial charge in [-0.05, 0) is 42.2 Å². The molecule has 0 unspecified atom stereocenters. The number of amides is 2. The van der Waals surface area contributed by atoms with Crippen molar-refractivity contribution in [2.24, 2.45) is 0 Å². The fourth-order valence-corrected chi connectivity index (χ4v) is 3.97. The number of rotatable bonds is 7. The summed E-state index contributed by atoms with van der Waals surface area (Å²) in [5.74, 6) is -0.341. The Kier molecular flexibility index (Phi) is 8.74. The van der Waals surface area contributed by atoms with Crippen LogP contribution in [0.25, 0.3) is 0 Å². The van der Waals surface area contributed by atoms with Crippen molar-refractivity contribution in [1.29, 1.82) is 0 Å². The van der Waals surface area contributed by atoms with Gasteiger partial charge in [-0.15, -0.1) is 0 Å². The second-order valence-corrected chi connectivity index (χ2v) is 8.48. The first kappa shape index (κ1) is 25.1. The fraction of sp³-hybridized carbons (Fsp3) is 0.417. The van der Waals surface area contributed by atoms with E-state index in [-0.39, 0.29) is 35.4 Å². The highest BCUT2D eigenvalue weighted by atomic mass is 35.5. The number of carbonyl (C=O) groups is 2. The average molecular weight is 482 g/mol. The van der Waals surface area contributed by atoms with E-state index < -0.39 is 11.7 Å². The van der Waals surface area contributed by atoms with Crippen LogP contribution in [0, 0.1) is 0 Å². The molecule has 2 amide bonds. The number of carbonyl (C=O) groups excluding carboxylic acids is 2. The SMILES string of the molecule is O=C(CN1CCCN(C(=O)Cc2cc(C(F)(F)F)ccc2Cl)CC1)NCCc1ccccc1. The second-order valence-electron chi connectivity index (χ2n) is 8.08. The molecule has 2 aromatic rings. The van der Waals surface area contributed by atoms with E-state index in [9.17, 15) is 22.8 Å². The fourth-order valence-electron chi connectivity index (χ4n) is 3.79. The lowest BCUT2D eigenvalue weighted by Gasteiger charge is -2.22. The number of halogens is 4. The first-order valence-electron chi connectivity index (χ1n) is 10.9. The molecule has 0 bridgehead atoms. The molecule has 0 saturated carbocycles. The lowest BCUT2D eigenvalue weighted by molar-refractivity contribution is -0.138. The third kappa shape index (κ3) is 7.75. The van der Waals surface area contributed by atoms with Gasteiger partial charge in [0.05, 0.1) is 18.5 Å². The standard InChI is InChI=1S/C24H27ClF3N3O2/c25-21-8-7-20(24(26,27)28)15-19(21)16-23(33)31-12-4-11-30(13-14-31)17-22(32)29-10-9-18-5-2-1-3-6-18/h1-3,5-8,15H,4,9-14,16-17H2,(H,29,32). The van der Waals surface area contributed by atoms with Gasteiger partial charge < -0.3 is 10.2 Å². The predicted molar refractivity (Wildman–Crippen MR) is 121 cm³/mol. The molecule has 1 saturated heterocycles. The van der Waals surface area contributed by atoms with Crippen molar-refractivity contribution >= 4 is 23.4 Å². The normalized spacial score (nSPS) is 15.2. The van der Waals surface area contributed by atoms with E-state index in [0.717, 1.165) is 24.1 Å². The molecule has 178 valence electrons. The zero-order valence-corrected chi connectivity index (χ0v) is 19.0. The van der Waals surface area contributed by atoms with E-state index in [1.54, 1.807) is 4.90 Å². The predicted octanol–water partition coefficient (Wildman–Crippen LogP) is 3.79. The molecule has 0 aromatic heterocycles. The Morgan fingerprint density at radius 2 is 1.76 bits per heavy atom. The van der Waals surface area contributed by atoms with Crippen molar-refractivity contribution in [3.8, 4) is 0 Å². The number of benzene rings is 2. The third-order valence-electron chi connectivity index (χ3n) is 5.60. The van der Waals surface area contributed by atoms with E-state index in [2.05, 4.69) is 5.32 Å². The first-order chi connectivity index (χ1) is 15.7. The van der Waals surface area contributed by atoms with Gasteiger partial charge in [-0.3, -0.25) is 14.5 Å². The Morgan fingerprint density at radius 1 is 1.00 bits per heavy atom. The van der Waals surface area contributed by atoms with Crippen molar-refractivity contribution in [1.82, 2.24) is 15.1 Å². The minimum absolute atomic E-state index is 0.0681. The molecule has 0 radical (unpaired) electrons. The first-order valence-corrected chi connectivity index (χ1v) is 11.3. The molecule has 1 heterocycles. The number of hydrogen-bond acceptors (Lipinski definition) is 3. The minimum atomic E-state index is -4.49. The third-order valence-corrected chi connectivity index (χ3v) is 5.97. The quantitative estimate of drug-likeness (QED) is 0.654. The Balaban J connectivity index is 1.46. The molecule has 2 aromatic carbocycles. The molecular formula is C24H27ClF3N3O2. The van der Waals surface area contributed by atoms with Crippen molar-refractivity contribution in [3.63, 3.8) is 0 Å². The summed E-state index contributed by atoms with van der Waals surface area (Å²) in [5, 5.41) is 3.06.